The van der Waals surface area contributed by atoms with Crippen LogP contribution in [0.3, 0.4) is 0 Å². The normalized spacial score (nSPS) is 20.3. The van der Waals surface area contributed by atoms with Crippen LogP contribution in [0.5, 0.6) is 0 Å². The van der Waals surface area contributed by atoms with Crippen LogP contribution in [-0.2, 0) is 38.3 Å². The molecular formula is C47H90O12S. The summed E-state index contributed by atoms with van der Waals surface area (Å²) in [5.74, 6) is -0.407. The van der Waals surface area contributed by atoms with E-state index in [-0.39, 0.29) is 19.6 Å². The molecule has 12 nitrogen and oxygen atoms in total. The van der Waals surface area contributed by atoms with E-state index in [9.17, 15) is 28.5 Å². The van der Waals surface area contributed by atoms with Crippen LogP contribution in [0.1, 0.15) is 219 Å². The molecule has 1 heterocycles. The van der Waals surface area contributed by atoms with Crippen molar-refractivity contribution in [2.45, 2.75) is 256 Å². The van der Waals surface area contributed by atoms with Gasteiger partial charge in [-0.25, -0.2) is 4.18 Å². The van der Waals surface area contributed by atoms with Crippen molar-refractivity contribution in [3.05, 3.63) is 12.2 Å². The third-order valence-electron chi connectivity index (χ3n) is 11.4. The quantitative estimate of drug-likeness (QED) is 0.0197. The Balaban J connectivity index is 2.28. The summed E-state index contributed by atoms with van der Waals surface area (Å²) in [4.78, 5) is 12.8. The molecule has 1 fully saturated rings. The lowest BCUT2D eigenvalue weighted by atomic mass is 9.99. The molecule has 0 aliphatic carbocycles. The standard InChI is InChI=1S/C47H90O12S/c1-3-5-7-9-11-13-15-16-17-18-19-20-21-22-23-24-25-26-27-29-31-33-35-37-55-39-41(57-43(49)36-34-32-30-28-14-12-10-8-6-4-2)40-56-47-45(51)46(59-60(52,53)54)44(50)42(38-48)58-47/h8,10,41-42,44-48,50-51H,3-7,9,11-40H2,1-2H3,(H,52,53,54)/b10-8-. The van der Waals surface area contributed by atoms with Crippen LogP contribution in [0.15, 0.2) is 12.2 Å². The van der Waals surface area contributed by atoms with E-state index in [0.29, 0.717) is 13.0 Å². The number of ether oxygens (including phenoxy) is 4. The molecule has 0 aromatic heterocycles. The van der Waals surface area contributed by atoms with Gasteiger partial charge in [-0.1, -0.05) is 193 Å². The molecular weight excluding hydrogens is 789 g/mol. The topological polar surface area (TPSA) is 178 Å². The van der Waals surface area contributed by atoms with E-state index >= 15 is 0 Å². The molecule has 0 aromatic rings. The Kier molecular flexibility index (Phi) is 37.4. The molecule has 0 aromatic carbocycles. The fourth-order valence-corrected chi connectivity index (χ4v) is 8.19. The van der Waals surface area contributed by atoms with Crippen molar-refractivity contribution in [2.24, 2.45) is 0 Å². The highest BCUT2D eigenvalue weighted by molar-refractivity contribution is 7.80. The Morgan fingerprint density at radius 3 is 1.57 bits per heavy atom. The highest BCUT2D eigenvalue weighted by Crippen LogP contribution is 2.26. The van der Waals surface area contributed by atoms with Crippen molar-refractivity contribution < 1.29 is 56.2 Å². The van der Waals surface area contributed by atoms with Crippen LogP contribution in [-0.4, -0.2) is 97.5 Å². The molecule has 0 bridgehead atoms. The zero-order chi connectivity index (χ0) is 43.9. The zero-order valence-electron chi connectivity index (χ0n) is 38.0. The molecule has 0 spiro atoms. The number of rotatable bonds is 43. The van der Waals surface area contributed by atoms with Gasteiger partial charge in [0.2, 0.25) is 0 Å². The number of aliphatic hydroxyl groups is 3. The molecule has 6 unspecified atom stereocenters. The number of esters is 1. The van der Waals surface area contributed by atoms with Crippen molar-refractivity contribution in [1.82, 2.24) is 0 Å². The molecule has 60 heavy (non-hydrogen) atoms. The van der Waals surface area contributed by atoms with Crippen LogP contribution >= 0.6 is 0 Å². The van der Waals surface area contributed by atoms with Crippen LogP contribution in [0.2, 0.25) is 0 Å². The minimum Gasteiger partial charge on any atom is -0.457 e. The van der Waals surface area contributed by atoms with E-state index in [0.717, 1.165) is 64.2 Å². The summed E-state index contributed by atoms with van der Waals surface area (Å²) in [6.45, 7) is 3.95. The molecule has 1 aliphatic heterocycles. The zero-order valence-corrected chi connectivity index (χ0v) is 38.9. The second kappa shape index (κ2) is 39.4. The maximum absolute atomic E-state index is 12.8. The molecule has 356 valence electrons. The first-order valence-corrected chi connectivity index (χ1v) is 25.8. The lowest BCUT2D eigenvalue weighted by Gasteiger charge is -2.41. The number of hydrogen-bond acceptors (Lipinski definition) is 11. The van der Waals surface area contributed by atoms with Gasteiger partial charge in [-0.15, -0.1) is 0 Å². The van der Waals surface area contributed by atoms with Crippen molar-refractivity contribution in [3.8, 4) is 0 Å². The second-order valence-corrected chi connectivity index (χ2v) is 18.1. The second-order valence-electron chi connectivity index (χ2n) is 17.1. The van der Waals surface area contributed by atoms with Crippen LogP contribution in [0.4, 0.5) is 0 Å². The van der Waals surface area contributed by atoms with Gasteiger partial charge in [0.05, 0.1) is 19.8 Å². The first-order chi connectivity index (χ1) is 29.1. The lowest BCUT2D eigenvalue weighted by Crippen LogP contribution is -2.60. The summed E-state index contributed by atoms with van der Waals surface area (Å²) in [6.07, 6.45) is 34.1. The monoisotopic (exact) mass is 879 g/mol. The molecule has 0 saturated carbocycles. The largest absolute Gasteiger partial charge is 0.457 e. The van der Waals surface area contributed by atoms with Gasteiger partial charge in [0.1, 0.15) is 30.5 Å². The van der Waals surface area contributed by atoms with E-state index < -0.39 is 59.8 Å². The summed E-state index contributed by atoms with van der Waals surface area (Å²) in [6, 6.07) is 0. The minimum atomic E-state index is -5.06. The van der Waals surface area contributed by atoms with Crippen molar-refractivity contribution in [3.63, 3.8) is 0 Å². The first-order valence-electron chi connectivity index (χ1n) is 24.4. The summed E-state index contributed by atoms with van der Waals surface area (Å²) in [5.41, 5.74) is 0. The van der Waals surface area contributed by atoms with Gasteiger partial charge >= 0.3 is 16.4 Å². The number of aliphatic hydroxyl groups excluding tert-OH is 3. The third kappa shape index (κ3) is 32.5. The molecule has 13 heteroatoms. The maximum atomic E-state index is 12.8. The smallest absolute Gasteiger partial charge is 0.397 e. The summed E-state index contributed by atoms with van der Waals surface area (Å²) in [7, 11) is -5.06. The predicted octanol–water partition coefficient (Wildman–Crippen LogP) is 10.6. The fourth-order valence-electron chi connectivity index (χ4n) is 7.68. The van der Waals surface area contributed by atoms with Gasteiger partial charge in [-0.2, -0.15) is 8.42 Å². The van der Waals surface area contributed by atoms with Gasteiger partial charge in [0, 0.05) is 13.0 Å². The molecule has 0 radical (unpaired) electrons. The lowest BCUT2D eigenvalue weighted by molar-refractivity contribution is -0.301. The van der Waals surface area contributed by atoms with Gasteiger partial charge in [-0.3, -0.25) is 9.35 Å². The molecule has 4 N–H and O–H groups in total. The van der Waals surface area contributed by atoms with Crippen molar-refractivity contribution in [1.29, 1.82) is 0 Å². The number of carbonyl (C=O) groups excluding carboxylic acids is 1. The van der Waals surface area contributed by atoms with E-state index in [4.69, 9.17) is 23.5 Å². The average molecular weight is 879 g/mol. The van der Waals surface area contributed by atoms with Gasteiger partial charge in [0.15, 0.2) is 6.29 Å². The predicted molar refractivity (Wildman–Crippen MR) is 239 cm³/mol. The molecule has 1 saturated heterocycles. The van der Waals surface area contributed by atoms with Crippen LogP contribution in [0, 0.1) is 0 Å². The molecule has 6 atom stereocenters. The highest BCUT2D eigenvalue weighted by atomic mass is 32.3. The van der Waals surface area contributed by atoms with E-state index in [1.54, 1.807) is 0 Å². The Morgan fingerprint density at radius 1 is 0.617 bits per heavy atom. The number of unbranched alkanes of at least 4 members (excludes halogenated alkanes) is 28. The number of hydrogen-bond donors (Lipinski definition) is 4. The molecule has 1 aliphatic rings. The summed E-state index contributed by atoms with van der Waals surface area (Å²) in [5, 5.41) is 30.6. The number of carbonyl (C=O) groups is 1. The van der Waals surface area contributed by atoms with Crippen LogP contribution in [0.25, 0.3) is 0 Å². The van der Waals surface area contributed by atoms with E-state index in [1.165, 1.54) is 128 Å². The van der Waals surface area contributed by atoms with Crippen LogP contribution < -0.4 is 0 Å². The summed E-state index contributed by atoms with van der Waals surface area (Å²) >= 11 is 0. The van der Waals surface area contributed by atoms with Crippen molar-refractivity contribution >= 4 is 16.4 Å². The van der Waals surface area contributed by atoms with E-state index in [1.807, 2.05) is 0 Å². The van der Waals surface area contributed by atoms with Crippen molar-refractivity contribution in [2.75, 3.05) is 26.4 Å². The van der Waals surface area contributed by atoms with E-state index in [2.05, 4.69) is 30.2 Å². The molecule has 1 rings (SSSR count). The first kappa shape index (κ1) is 56.9. The molecule has 0 amide bonds. The average Bonchev–Trinajstić information content (AvgIpc) is 3.22. The minimum absolute atomic E-state index is 0.0381. The van der Waals surface area contributed by atoms with Gasteiger partial charge < -0.3 is 34.3 Å². The number of allylic oxidation sites excluding steroid dienone is 2. The summed E-state index contributed by atoms with van der Waals surface area (Å²) < 4.78 is 59.0. The highest BCUT2D eigenvalue weighted by Gasteiger charge is 2.48. The Bertz CT molecular complexity index is 1110. The Labute approximate surface area is 366 Å². The van der Waals surface area contributed by atoms with Gasteiger partial charge in [0.25, 0.3) is 0 Å². The Morgan fingerprint density at radius 2 is 1.08 bits per heavy atom. The third-order valence-corrected chi connectivity index (χ3v) is 11.8. The maximum Gasteiger partial charge on any atom is 0.397 e. The SMILES string of the molecule is CCC/C=C\CCCCCCCC(=O)OC(COCCCCCCCCCCCCCCCCCCCCCCCCC)COC1OC(CO)C(O)C(OS(=O)(=O)O)C1O. The fraction of sp³-hybridized carbons (Fsp3) is 0.936. The Hall–Kier alpha value is -1.16. The van der Waals surface area contributed by atoms with Gasteiger partial charge in [-0.05, 0) is 32.1 Å².